The summed E-state index contributed by atoms with van der Waals surface area (Å²) in [4.78, 5) is 25.1. The van der Waals surface area contributed by atoms with Crippen LogP contribution in [0.5, 0.6) is 5.88 Å². The third-order valence-electron chi connectivity index (χ3n) is 4.44. The van der Waals surface area contributed by atoms with Gasteiger partial charge >= 0.3 is 18.3 Å². The average molecular weight is 537 g/mol. The van der Waals surface area contributed by atoms with Gasteiger partial charge in [-0.05, 0) is 38.5 Å². The number of aromatic nitrogens is 1. The standard InChI is InChI=1S/C16H11F3N4O.C8H15NO5/c17-16(18,19)12-4-5-23-14(7-12)24-9-10-2-1-3-11(6-10)15(22)13(21)8-20;1-5(9)14-7(12)13-4-8(2,3)6(10)11/h1-7,21-22H,9H2;5H,4,9H2,1-3H3,(H,10,11). The van der Waals surface area contributed by atoms with E-state index in [1.165, 1.54) is 26.8 Å². The number of carboxylic acid groups (broad SMARTS) is 1. The molecule has 1 aromatic carbocycles. The van der Waals surface area contributed by atoms with Gasteiger partial charge in [-0.1, -0.05) is 18.2 Å². The summed E-state index contributed by atoms with van der Waals surface area (Å²) >= 11 is 0. The molecule has 1 aromatic heterocycles. The van der Waals surface area contributed by atoms with Crippen LogP contribution in [0.1, 0.15) is 37.5 Å². The second-order valence-corrected chi connectivity index (χ2v) is 8.28. The van der Waals surface area contributed by atoms with Crippen molar-refractivity contribution in [2.24, 2.45) is 11.1 Å². The van der Waals surface area contributed by atoms with Gasteiger partial charge < -0.3 is 19.3 Å². The first-order valence-corrected chi connectivity index (χ1v) is 10.7. The molecule has 0 amide bonds. The Balaban J connectivity index is 0.000000442. The number of halogens is 3. The van der Waals surface area contributed by atoms with Crippen molar-refractivity contribution in [3.63, 3.8) is 0 Å². The normalized spacial score (nSPS) is 11.6. The molecule has 1 heterocycles. The van der Waals surface area contributed by atoms with E-state index < -0.39 is 41.2 Å². The molecule has 2 aromatic rings. The minimum absolute atomic E-state index is 0.0602. The minimum Gasteiger partial charge on any atom is -0.481 e. The van der Waals surface area contributed by atoms with Crippen molar-refractivity contribution in [3.8, 4) is 11.9 Å². The first kappa shape index (κ1) is 31.5. The van der Waals surface area contributed by atoms with Crippen LogP contribution in [0.4, 0.5) is 18.0 Å². The molecule has 0 bridgehead atoms. The predicted octanol–water partition coefficient (Wildman–Crippen LogP) is 4.15. The zero-order valence-corrected chi connectivity index (χ0v) is 20.6. The number of rotatable bonds is 9. The highest BCUT2D eigenvalue weighted by molar-refractivity contribution is 6.51. The molecule has 0 aliphatic rings. The molecule has 0 fully saturated rings. The van der Waals surface area contributed by atoms with E-state index in [9.17, 15) is 22.8 Å². The molecule has 14 heteroatoms. The van der Waals surface area contributed by atoms with Gasteiger partial charge in [-0.3, -0.25) is 21.3 Å². The predicted molar refractivity (Wildman–Crippen MR) is 128 cm³/mol. The lowest BCUT2D eigenvalue weighted by molar-refractivity contribution is -0.149. The molecule has 1 atom stereocenters. The molecule has 38 heavy (non-hydrogen) atoms. The largest absolute Gasteiger partial charge is 0.509 e. The topological polar surface area (TPSA) is 192 Å². The van der Waals surface area contributed by atoms with Crippen LogP contribution in [0.25, 0.3) is 0 Å². The molecule has 2 rings (SSSR count). The Kier molecular flexibility index (Phi) is 11.4. The van der Waals surface area contributed by atoms with E-state index in [-0.39, 0.29) is 24.8 Å². The summed E-state index contributed by atoms with van der Waals surface area (Å²) in [6.45, 7) is 4.02. The first-order chi connectivity index (χ1) is 17.6. The molecule has 204 valence electrons. The number of alkyl halides is 3. The van der Waals surface area contributed by atoms with E-state index in [4.69, 9.17) is 31.7 Å². The van der Waals surface area contributed by atoms with Gasteiger partial charge in [-0.15, -0.1) is 0 Å². The van der Waals surface area contributed by atoms with Crippen LogP contribution in [0.3, 0.4) is 0 Å². The van der Waals surface area contributed by atoms with Crippen LogP contribution in [0.15, 0.2) is 42.6 Å². The number of nitriles is 1. The van der Waals surface area contributed by atoms with E-state index in [1.807, 2.05) is 0 Å². The molecule has 5 N–H and O–H groups in total. The number of nitrogens with one attached hydrogen (secondary N) is 2. The van der Waals surface area contributed by atoms with Crippen molar-refractivity contribution in [1.29, 1.82) is 16.1 Å². The minimum atomic E-state index is -4.48. The summed E-state index contributed by atoms with van der Waals surface area (Å²) < 4.78 is 52.1. The van der Waals surface area contributed by atoms with E-state index in [2.05, 4.69) is 14.5 Å². The smallest absolute Gasteiger partial charge is 0.481 e. The molecular weight excluding hydrogens is 511 g/mol. The lowest BCUT2D eigenvalue weighted by Crippen LogP contribution is -2.32. The van der Waals surface area contributed by atoms with E-state index in [0.717, 1.165) is 18.3 Å². The van der Waals surface area contributed by atoms with Crippen LogP contribution in [0.2, 0.25) is 0 Å². The molecule has 11 nitrogen and oxygen atoms in total. The number of nitrogens with two attached hydrogens (primary N) is 1. The molecule has 0 saturated carbocycles. The van der Waals surface area contributed by atoms with Gasteiger partial charge in [0.15, 0.2) is 11.9 Å². The number of hydrogen-bond donors (Lipinski definition) is 4. The highest BCUT2D eigenvalue weighted by Gasteiger charge is 2.31. The molecule has 0 radical (unpaired) electrons. The van der Waals surface area contributed by atoms with Crippen LogP contribution in [-0.4, -0.2) is 46.5 Å². The Hall–Kier alpha value is -4.51. The lowest BCUT2D eigenvalue weighted by atomic mass is 9.95. The number of carboxylic acids is 1. The maximum atomic E-state index is 12.6. The van der Waals surface area contributed by atoms with Gasteiger partial charge in [0.25, 0.3) is 0 Å². The molecular formula is C24H26F3N5O6. The second-order valence-electron chi connectivity index (χ2n) is 8.28. The van der Waals surface area contributed by atoms with Crippen molar-refractivity contribution in [1.82, 2.24) is 4.98 Å². The summed E-state index contributed by atoms with van der Waals surface area (Å²) in [6.07, 6.45) is -5.20. The van der Waals surface area contributed by atoms with Gasteiger partial charge in [0, 0.05) is 17.8 Å². The molecule has 0 spiro atoms. The fourth-order valence-corrected chi connectivity index (χ4v) is 2.33. The van der Waals surface area contributed by atoms with Crippen LogP contribution >= 0.6 is 0 Å². The van der Waals surface area contributed by atoms with Crippen molar-refractivity contribution in [2.75, 3.05) is 6.61 Å². The van der Waals surface area contributed by atoms with Crippen molar-refractivity contribution >= 4 is 23.5 Å². The zero-order valence-electron chi connectivity index (χ0n) is 20.6. The number of hydrogen-bond acceptors (Lipinski definition) is 10. The van der Waals surface area contributed by atoms with Crippen LogP contribution in [-0.2, 0) is 27.1 Å². The molecule has 0 aliphatic carbocycles. The third kappa shape index (κ3) is 10.6. The Morgan fingerprint density at radius 3 is 2.42 bits per heavy atom. The molecule has 0 saturated heterocycles. The number of benzene rings is 1. The fraction of sp³-hybridized carbons (Fsp3) is 0.333. The third-order valence-corrected chi connectivity index (χ3v) is 4.44. The maximum absolute atomic E-state index is 12.6. The lowest BCUT2D eigenvalue weighted by Gasteiger charge is -2.18. The highest BCUT2D eigenvalue weighted by Crippen LogP contribution is 2.30. The fourth-order valence-electron chi connectivity index (χ4n) is 2.33. The van der Waals surface area contributed by atoms with Gasteiger partial charge in [0.05, 0.1) is 16.7 Å². The molecule has 1 unspecified atom stereocenters. The summed E-state index contributed by atoms with van der Waals surface area (Å²) in [7, 11) is 0. The summed E-state index contributed by atoms with van der Waals surface area (Å²) in [5, 5.41) is 32.4. The first-order valence-electron chi connectivity index (χ1n) is 10.7. The number of ether oxygens (including phenoxy) is 3. The Bertz CT molecular complexity index is 1210. The van der Waals surface area contributed by atoms with E-state index in [1.54, 1.807) is 24.3 Å². The van der Waals surface area contributed by atoms with E-state index >= 15 is 0 Å². The monoisotopic (exact) mass is 537 g/mol. The second kappa shape index (κ2) is 13.7. The summed E-state index contributed by atoms with van der Waals surface area (Å²) in [5.74, 6) is -1.22. The van der Waals surface area contributed by atoms with Crippen LogP contribution in [0, 0.1) is 27.6 Å². The SMILES string of the molecule is CC(N)OC(=O)OCC(C)(C)C(=O)O.N#CC(=N)C(=N)c1cccc(COc2cc(C(F)(F)F)ccn2)c1. The van der Waals surface area contributed by atoms with Crippen molar-refractivity contribution < 1.29 is 42.1 Å². The molecule has 0 aliphatic heterocycles. The highest BCUT2D eigenvalue weighted by atomic mass is 19.4. The number of carbonyl (C=O) groups excluding carboxylic acids is 1. The van der Waals surface area contributed by atoms with Gasteiger partial charge in [0.2, 0.25) is 5.88 Å². The van der Waals surface area contributed by atoms with Crippen molar-refractivity contribution in [3.05, 3.63) is 59.3 Å². The Morgan fingerprint density at radius 2 is 1.87 bits per heavy atom. The maximum Gasteiger partial charge on any atom is 0.509 e. The van der Waals surface area contributed by atoms with Gasteiger partial charge in [0.1, 0.15) is 19.3 Å². The number of carbonyl (C=O) groups is 2. The summed E-state index contributed by atoms with van der Waals surface area (Å²) in [6, 6.07) is 9.57. The van der Waals surface area contributed by atoms with Gasteiger partial charge in [-0.25, -0.2) is 9.78 Å². The van der Waals surface area contributed by atoms with Gasteiger partial charge in [-0.2, -0.15) is 18.4 Å². The Morgan fingerprint density at radius 1 is 1.21 bits per heavy atom. The van der Waals surface area contributed by atoms with E-state index in [0.29, 0.717) is 11.1 Å². The zero-order chi connectivity index (χ0) is 29.1. The van der Waals surface area contributed by atoms with Crippen LogP contribution < -0.4 is 10.5 Å². The van der Waals surface area contributed by atoms with Crippen molar-refractivity contribution in [2.45, 2.75) is 39.8 Å². The quantitative estimate of drug-likeness (QED) is 0.207. The average Bonchev–Trinajstić information content (AvgIpc) is 2.85. The Labute approximate surface area is 216 Å². The number of aliphatic carboxylic acids is 1. The number of pyridine rings is 1. The number of nitrogens with zero attached hydrogens (tertiary/aromatic N) is 2. The summed E-state index contributed by atoms with van der Waals surface area (Å²) in [5.41, 5.74) is 3.37.